The van der Waals surface area contributed by atoms with E-state index in [1.54, 1.807) is 36.1 Å². The van der Waals surface area contributed by atoms with E-state index in [1.807, 2.05) is 0 Å². The Kier molecular flexibility index (Phi) is 6.44. The second-order valence-corrected chi connectivity index (χ2v) is 6.45. The van der Waals surface area contributed by atoms with Gasteiger partial charge < -0.3 is 10.2 Å². The van der Waals surface area contributed by atoms with Crippen LogP contribution in [0.3, 0.4) is 0 Å². The SMILES string of the molecule is Cc1ccccc1S(=O)(=O)CCN(CCO)CCO. The predicted octanol–water partition coefficient (Wildman–Crippen LogP) is 0.0553. The number of aliphatic hydroxyl groups excluding tert-OH is 2. The molecule has 0 saturated heterocycles. The molecular weight excluding hydrogens is 266 g/mol. The molecule has 6 heteroatoms. The number of benzene rings is 1. The minimum Gasteiger partial charge on any atom is -0.395 e. The fourth-order valence-corrected chi connectivity index (χ4v) is 3.45. The molecule has 0 bridgehead atoms. The number of hydrogen-bond acceptors (Lipinski definition) is 5. The van der Waals surface area contributed by atoms with Gasteiger partial charge in [-0.25, -0.2) is 8.42 Å². The third kappa shape index (κ3) is 4.91. The summed E-state index contributed by atoms with van der Waals surface area (Å²) in [5.74, 6) is -0.0160. The van der Waals surface area contributed by atoms with E-state index in [1.165, 1.54) is 0 Å². The predicted molar refractivity (Wildman–Crippen MR) is 73.8 cm³/mol. The van der Waals surface area contributed by atoms with Crippen LogP contribution in [0.4, 0.5) is 0 Å². The minimum absolute atomic E-state index is 0.0160. The van der Waals surface area contributed by atoms with Crippen molar-refractivity contribution in [2.45, 2.75) is 11.8 Å². The van der Waals surface area contributed by atoms with Gasteiger partial charge >= 0.3 is 0 Å². The van der Waals surface area contributed by atoms with Gasteiger partial charge in [-0.3, -0.25) is 4.90 Å². The first-order chi connectivity index (χ1) is 9.01. The molecule has 0 spiro atoms. The molecule has 108 valence electrons. The molecule has 0 radical (unpaired) electrons. The Morgan fingerprint density at radius 2 is 1.63 bits per heavy atom. The topological polar surface area (TPSA) is 77.8 Å². The first-order valence-electron chi connectivity index (χ1n) is 6.23. The number of rotatable bonds is 8. The van der Waals surface area contributed by atoms with Crippen molar-refractivity contribution >= 4 is 9.84 Å². The molecule has 1 aromatic rings. The van der Waals surface area contributed by atoms with E-state index < -0.39 is 9.84 Å². The smallest absolute Gasteiger partial charge is 0.179 e. The highest BCUT2D eigenvalue weighted by atomic mass is 32.2. The van der Waals surface area contributed by atoms with Crippen LogP contribution in [0.15, 0.2) is 29.2 Å². The standard InChI is InChI=1S/C13H21NO4S/c1-12-4-2-3-5-13(12)19(17,18)11-8-14(6-9-15)7-10-16/h2-5,15-16H,6-11H2,1H3. The maximum atomic E-state index is 12.2. The van der Waals surface area contributed by atoms with Crippen molar-refractivity contribution in [2.75, 3.05) is 38.6 Å². The van der Waals surface area contributed by atoms with Crippen LogP contribution in [-0.2, 0) is 9.84 Å². The molecule has 0 heterocycles. The maximum absolute atomic E-state index is 12.2. The molecule has 0 unspecified atom stereocenters. The summed E-state index contributed by atoms with van der Waals surface area (Å²) in [5.41, 5.74) is 0.735. The highest BCUT2D eigenvalue weighted by molar-refractivity contribution is 7.91. The van der Waals surface area contributed by atoms with Crippen molar-refractivity contribution in [1.82, 2.24) is 4.90 Å². The number of aryl methyl sites for hydroxylation is 1. The molecule has 0 fully saturated rings. The average Bonchev–Trinajstić information content (AvgIpc) is 2.37. The zero-order valence-electron chi connectivity index (χ0n) is 11.1. The Bertz CT molecular complexity index is 481. The summed E-state index contributed by atoms with van der Waals surface area (Å²) in [6.45, 7) is 2.70. The third-order valence-corrected chi connectivity index (χ3v) is 4.79. The molecule has 2 N–H and O–H groups in total. The van der Waals surface area contributed by atoms with Crippen LogP contribution in [0, 0.1) is 6.92 Å². The van der Waals surface area contributed by atoms with Crippen molar-refractivity contribution in [3.8, 4) is 0 Å². The van der Waals surface area contributed by atoms with E-state index in [2.05, 4.69) is 0 Å². The van der Waals surface area contributed by atoms with Gasteiger partial charge in [0.05, 0.1) is 23.9 Å². The average molecular weight is 287 g/mol. The monoisotopic (exact) mass is 287 g/mol. The van der Waals surface area contributed by atoms with Gasteiger partial charge in [0.15, 0.2) is 9.84 Å². The fraction of sp³-hybridized carbons (Fsp3) is 0.538. The van der Waals surface area contributed by atoms with Crippen LogP contribution >= 0.6 is 0 Å². The molecule has 0 aromatic heterocycles. The van der Waals surface area contributed by atoms with E-state index >= 15 is 0 Å². The molecule has 1 rings (SSSR count). The summed E-state index contributed by atoms with van der Waals surface area (Å²) in [6, 6.07) is 6.89. The van der Waals surface area contributed by atoms with Crippen LogP contribution in [0.2, 0.25) is 0 Å². The Hall–Kier alpha value is -0.950. The fourth-order valence-electron chi connectivity index (χ4n) is 1.88. The normalized spacial score (nSPS) is 12.0. The van der Waals surface area contributed by atoms with E-state index in [0.717, 1.165) is 5.56 Å². The number of sulfone groups is 1. The molecule has 0 aliphatic carbocycles. The van der Waals surface area contributed by atoms with Crippen LogP contribution < -0.4 is 0 Å². The van der Waals surface area contributed by atoms with Crippen LogP contribution in [0.25, 0.3) is 0 Å². The zero-order valence-corrected chi connectivity index (χ0v) is 11.9. The highest BCUT2D eigenvalue weighted by Gasteiger charge is 2.17. The van der Waals surface area contributed by atoms with Gasteiger partial charge in [0, 0.05) is 19.6 Å². The Labute approximate surface area is 114 Å². The molecule has 1 aromatic carbocycles. The lowest BCUT2D eigenvalue weighted by Gasteiger charge is -2.20. The van der Waals surface area contributed by atoms with Crippen molar-refractivity contribution in [2.24, 2.45) is 0 Å². The Morgan fingerprint density at radius 3 is 2.16 bits per heavy atom. The lowest BCUT2D eigenvalue weighted by atomic mass is 10.2. The van der Waals surface area contributed by atoms with Gasteiger partial charge in [0.2, 0.25) is 0 Å². The Balaban J connectivity index is 2.72. The summed E-state index contributed by atoms with van der Waals surface area (Å²) in [5, 5.41) is 17.8. The van der Waals surface area contributed by atoms with Gasteiger partial charge in [-0.1, -0.05) is 18.2 Å². The van der Waals surface area contributed by atoms with E-state index in [9.17, 15) is 8.42 Å². The number of aliphatic hydroxyl groups is 2. The minimum atomic E-state index is -3.33. The van der Waals surface area contributed by atoms with Crippen molar-refractivity contribution in [1.29, 1.82) is 0 Å². The molecule has 0 amide bonds. The van der Waals surface area contributed by atoms with Gasteiger partial charge in [-0.15, -0.1) is 0 Å². The first kappa shape index (κ1) is 16.1. The maximum Gasteiger partial charge on any atom is 0.179 e. The molecule has 0 saturated carbocycles. The van der Waals surface area contributed by atoms with Crippen LogP contribution in [-0.4, -0.2) is 62.1 Å². The van der Waals surface area contributed by atoms with E-state index in [0.29, 0.717) is 24.5 Å². The number of hydrogen-bond donors (Lipinski definition) is 2. The third-order valence-electron chi connectivity index (χ3n) is 2.94. The molecular formula is C13H21NO4S. The lowest BCUT2D eigenvalue weighted by molar-refractivity contribution is 0.167. The second-order valence-electron chi connectivity index (χ2n) is 4.37. The molecule has 5 nitrogen and oxygen atoms in total. The van der Waals surface area contributed by atoms with Crippen LogP contribution in [0.5, 0.6) is 0 Å². The van der Waals surface area contributed by atoms with E-state index in [4.69, 9.17) is 10.2 Å². The summed E-state index contributed by atoms with van der Waals surface area (Å²) in [6.07, 6.45) is 0. The number of nitrogens with zero attached hydrogens (tertiary/aromatic N) is 1. The summed E-state index contributed by atoms with van der Waals surface area (Å²) < 4.78 is 24.4. The summed E-state index contributed by atoms with van der Waals surface area (Å²) >= 11 is 0. The Morgan fingerprint density at radius 1 is 1.05 bits per heavy atom. The van der Waals surface area contributed by atoms with E-state index in [-0.39, 0.29) is 19.0 Å². The molecule has 0 atom stereocenters. The van der Waals surface area contributed by atoms with Crippen molar-refractivity contribution in [3.63, 3.8) is 0 Å². The van der Waals surface area contributed by atoms with Gasteiger partial charge in [-0.05, 0) is 18.6 Å². The second kappa shape index (κ2) is 7.59. The van der Waals surface area contributed by atoms with Crippen molar-refractivity contribution in [3.05, 3.63) is 29.8 Å². The molecule has 19 heavy (non-hydrogen) atoms. The highest BCUT2D eigenvalue weighted by Crippen LogP contribution is 2.15. The summed E-state index contributed by atoms with van der Waals surface area (Å²) in [7, 11) is -3.33. The largest absolute Gasteiger partial charge is 0.395 e. The first-order valence-corrected chi connectivity index (χ1v) is 7.89. The molecule has 0 aliphatic rings. The summed E-state index contributed by atoms with van der Waals surface area (Å²) in [4.78, 5) is 2.08. The van der Waals surface area contributed by atoms with Gasteiger partial charge in [-0.2, -0.15) is 0 Å². The van der Waals surface area contributed by atoms with Crippen LogP contribution in [0.1, 0.15) is 5.56 Å². The van der Waals surface area contributed by atoms with Gasteiger partial charge in [0.1, 0.15) is 0 Å². The quantitative estimate of drug-likeness (QED) is 0.707. The molecule has 0 aliphatic heterocycles. The zero-order chi connectivity index (χ0) is 14.3. The lowest BCUT2D eigenvalue weighted by Crippen LogP contribution is -2.34. The van der Waals surface area contributed by atoms with Crippen molar-refractivity contribution < 1.29 is 18.6 Å². The van der Waals surface area contributed by atoms with Gasteiger partial charge in [0.25, 0.3) is 0 Å².